The van der Waals surface area contributed by atoms with Crippen LogP contribution in [0.3, 0.4) is 0 Å². The lowest BCUT2D eigenvalue weighted by Gasteiger charge is -2.18. The van der Waals surface area contributed by atoms with Gasteiger partial charge in [0.25, 0.3) is 5.91 Å². The van der Waals surface area contributed by atoms with Crippen molar-refractivity contribution in [1.82, 2.24) is 0 Å². The molecular weight excluding hydrogens is 396 g/mol. The maximum atomic E-state index is 12.4. The molecule has 1 N–H and O–H groups in total. The predicted molar refractivity (Wildman–Crippen MR) is 111 cm³/mol. The number of carbonyl (C=O) groups is 2. The van der Waals surface area contributed by atoms with Gasteiger partial charge in [0.2, 0.25) is 10.0 Å². The van der Waals surface area contributed by atoms with Gasteiger partial charge in [-0.05, 0) is 56.3 Å². The second-order valence-corrected chi connectivity index (χ2v) is 8.29. The van der Waals surface area contributed by atoms with Gasteiger partial charge in [0.05, 0.1) is 24.1 Å². The first kappa shape index (κ1) is 22.2. The topological polar surface area (TPSA) is 102 Å². The first-order valence-corrected chi connectivity index (χ1v) is 10.8. The quantitative estimate of drug-likeness (QED) is 0.659. The normalized spacial score (nSPS) is 12.0. The van der Waals surface area contributed by atoms with Crippen molar-refractivity contribution >= 4 is 33.3 Å². The summed E-state index contributed by atoms with van der Waals surface area (Å²) in [4.78, 5) is 24.2. The molecule has 2 aromatic carbocycles. The fraction of sp³-hybridized carbons (Fsp3) is 0.300. The Kier molecular flexibility index (Phi) is 7.22. The Labute approximate surface area is 170 Å². The standard InChI is InChI=1S/C20H24N2O6S/c1-5-27-20(24)15-7-6-8-16(13-15)21-19(23)14(2)28-18-11-9-17(10-12-18)22(3)29(4,25)26/h6-14H,5H2,1-4H3,(H,21,23)/t14-/m1/s1. The predicted octanol–water partition coefficient (Wildman–Crippen LogP) is 2.67. The molecule has 29 heavy (non-hydrogen) atoms. The van der Waals surface area contributed by atoms with Crippen molar-refractivity contribution in [2.45, 2.75) is 20.0 Å². The highest BCUT2D eigenvalue weighted by Gasteiger charge is 2.17. The SMILES string of the molecule is CCOC(=O)c1cccc(NC(=O)[C@@H](C)Oc2ccc(N(C)S(C)(=O)=O)cc2)c1. The number of rotatable bonds is 8. The highest BCUT2D eigenvalue weighted by molar-refractivity contribution is 7.92. The van der Waals surface area contributed by atoms with Crippen molar-refractivity contribution in [1.29, 1.82) is 0 Å². The summed E-state index contributed by atoms with van der Waals surface area (Å²) in [5.41, 5.74) is 1.26. The third-order valence-electron chi connectivity index (χ3n) is 4.02. The fourth-order valence-corrected chi connectivity index (χ4v) is 2.87. The molecule has 0 bridgehead atoms. The number of benzene rings is 2. The van der Waals surface area contributed by atoms with Crippen LogP contribution in [0.4, 0.5) is 11.4 Å². The minimum Gasteiger partial charge on any atom is -0.481 e. The van der Waals surface area contributed by atoms with E-state index in [1.54, 1.807) is 56.3 Å². The van der Waals surface area contributed by atoms with E-state index >= 15 is 0 Å². The zero-order valence-corrected chi connectivity index (χ0v) is 17.5. The largest absolute Gasteiger partial charge is 0.481 e. The molecule has 9 heteroatoms. The maximum Gasteiger partial charge on any atom is 0.338 e. The molecule has 1 amide bonds. The summed E-state index contributed by atoms with van der Waals surface area (Å²) < 4.78 is 34.8. The number of hydrogen-bond donors (Lipinski definition) is 1. The Balaban J connectivity index is 2.01. The number of nitrogens with zero attached hydrogens (tertiary/aromatic N) is 1. The molecule has 0 spiro atoms. The summed E-state index contributed by atoms with van der Waals surface area (Å²) in [6.45, 7) is 3.56. The molecule has 0 fully saturated rings. The van der Waals surface area contributed by atoms with E-state index in [2.05, 4.69) is 5.32 Å². The highest BCUT2D eigenvalue weighted by Crippen LogP contribution is 2.21. The van der Waals surface area contributed by atoms with Crippen LogP contribution in [0.15, 0.2) is 48.5 Å². The summed E-state index contributed by atoms with van der Waals surface area (Å²) >= 11 is 0. The van der Waals surface area contributed by atoms with Crippen LogP contribution in [0.2, 0.25) is 0 Å². The lowest BCUT2D eigenvalue weighted by atomic mass is 10.2. The van der Waals surface area contributed by atoms with Gasteiger partial charge in [-0.2, -0.15) is 0 Å². The van der Waals surface area contributed by atoms with E-state index in [0.29, 0.717) is 22.7 Å². The molecule has 0 radical (unpaired) electrons. The first-order chi connectivity index (χ1) is 13.6. The fourth-order valence-electron chi connectivity index (χ4n) is 2.37. The molecule has 8 nitrogen and oxygen atoms in total. The van der Waals surface area contributed by atoms with Gasteiger partial charge in [-0.25, -0.2) is 13.2 Å². The van der Waals surface area contributed by atoms with Crippen LogP contribution in [-0.2, 0) is 19.6 Å². The maximum absolute atomic E-state index is 12.4. The number of sulfonamides is 1. The van der Waals surface area contributed by atoms with Gasteiger partial charge < -0.3 is 14.8 Å². The molecule has 2 rings (SSSR count). The summed E-state index contributed by atoms with van der Waals surface area (Å²) in [6.07, 6.45) is 0.292. The average Bonchev–Trinajstić information content (AvgIpc) is 2.67. The van der Waals surface area contributed by atoms with Crippen LogP contribution in [0.5, 0.6) is 5.75 Å². The van der Waals surface area contributed by atoms with E-state index in [9.17, 15) is 18.0 Å². The molecule has 0 aliphatic rings. The van der Waals surface area contributed by atoms with Gasteiger partial charge >= 0.3 is 5.97 Å². The number of nitrogens with one attached hydrogen (secondary N) is 1. The zero-order chi connectivity index (χ0) is 21.6. The second-order valence-electron chi connectivity index (χ2n) is 6.27. The summed E-state index contributed by atoms with van der Waals surface area (Å²) in [5, 5.41) is 2.69. The van der Waals surface area contributed by atoms with Gasteiger partial charge in [0, 0.05) is 12.7 Å². The van der Waals surface area contributed by atoms with Gasteiger partial charge in [-0.1, -0.05) is 6.07 Å². The minimum absolute atomic E-state index is 0.263. The summed E-state index contributed by atoms with van der Waals surface area (Å²) in [7, 11) is -1.91. The van der Waals surface area contributed by atoms with Gasteiger partial charge in [-0.15, -0.1) is 0 Å². The highest BCUT2D eigenvalue weighted by atomic mass is 32.2. The third kappa shape index (κ3) is 6.21. The molecule has 0 heterocycles. The van der Waals surface area contributed by atoms with E-state index in [4.69, 9.17) is 9.47 Å². The van der Waals surface area contributed by atoms with Crippen molar-refractivity contribution in [3.63, 3.8) is 0 Å². The van der Waals surface area contributed by atoms with E-state index in [-0.39, 0.29) is 6.61 Å². The third-order valence-corrected chi connectivity index (χ3v) is 5.23. The Morgan fingerprint density at radius 3 is 2.38 bits per heavy atom. The van der Waals surface area contributed by atoms with Crippen molar-refractivity contribution in [3.8, 4) is 5.75 Å². The molecule has 2 aromatic rings. The van der Waals surface area contributed by atoms with Crippen LogP contribution in [0.1, 0.15) is 24.2 Å². The molecule has 0 saturated heterocycles. The van der Waals surface area contributed by atoms with Crippen molar-refractivity contribution in [2.24, 2.45) is 0 Å². The number of hydrogen-bond acceptors (Lipinski definition) is 6. The lowest BCUT2D eigenvalue weighted by molar-refractivity contribution is -0.122. The number of ether oxygens (including phenoxy) is 2. The number of amides is 1. The van der Waals surface area contributed by atoms with Crippen molar-refractivity contribution < 1.29 is 27.5 Å². The molecule has 0 unspecified atom stereocenters. The first-order valence-electron chi connectivity index (χ1n) is 8.90. The minimum atomic E-state index is -3.36. The summed E-state index contributed by atoms with van der Waals surface area (Å²) in [6, 6.07) is 12.8. The number of carbonyl (C=O) groups excluding carboxylic acids is 2. The van der Waals surface area contributed by atoms with Gasteiger partial charge in [0.15, 0.2) is 6.10 Å². The van der Waals surface area contributed by atoms with Gasteiger partial charge in [-0.3, -0.25) is 9.10 Å². The van der Waals surface area contributed by atoms with Gasteiger partial charge in [0.1, 0.15) is 5.75 Å². The van der Waals surface area contributed by atoms with Crippen LogP contribution < -0.4 is 14.4 Å². The van der Waals surface area contributed by atoms with E-state index < -0.39 is 28.0 Å². The molecular formula is C20H24N2O6S. The van der Waals surface area contributed by atoms with Crippen molar-refractivity contribution in [2.75, 3.05) is 29.5 Å². The number of anilines is 2. The molecule has 156 valence electrons. The van der Waals surface area contributed by atoms with Crippen LogP contribution in [0, 0.1) is 0 Å². The molecule has 0 saturated carbocycles. The molecule has 0 aliphatic heterocycles. The monoisotopic (exact) mass is 420 g/mol. The molecule has 0 aromatic heterocycles. The average molecular weight is 420 g/mol. The smallest absolute Gasteiger partial charge is 0.338 e. The Morgan fingerprint density at radius 2 is 1.79 bits per heavy atom. The zero-order valence-electron chi connectivity index (χ0n) is 16.7. The number of esters is 1. The van der Waals surface area contributed by atoms with E-state index in [0.717, 1.165) is 10.6 Å². The summed E-state index contributed by atoms with van der Waals surface area (Å²) in [5.74, 6) is -0.450. The Hall–Kier alpha value is -3.07. The Morgan fingerprint density at radius 1 is 1.14 bits per heavy atom. The Bertz CT molecular complexity index is 973. The molecule has 0 aliphatic carbocycles. The second kappa shape index (κ2) is 9.42. The van der Waals surface area contributed by atoms with Crippen LogP contribution in [0.25, 0.3) is 0 Å². The van der Waals surface area contributed by atoms with Crippen LogP contribution in [-0.4, -0.2) is 46.3 Å². The van der Waals surface area contributed by atoms with E-state index in [1.165, 1.54) is 13.1 Å². The van der Waals surface area contributed by atoms with E-state index in [1.807, 2.05) is 0 Å². The lowest BCUT2D eigenvalue weighted by Crippen LogP contribution is -2.30. The molecule has 1 atom stereocenters. The van der Waals surface area contributed by atoms with Crippen LogP contribution >= 0.6 is 0 Å². The van der Waals surface area contributed by atoms with Crippen molar-refractivity contribution in [3.05, 3.63) is 54.1 Å².